The zero-order valence-electron chi connectivity index (χ0n) is 14.0. The van der Waals surface area contributed by atoms with Crippen LogP contribution in [0.25, 0.3) is 11.1 Å². The summed E-state index contributed by atoms with van der Waals surface area (Å²) in [5, 5.41) is 0. The van der Waals surface area contributed by atoms with E-state index in [-0.39, 0.29) is 0 Å². The van der Waals surface area contributed by atoms with E-state index in [1.807, 2.05) is 12.3 Å². The molecule has 126 valence electrons. The summed E-state index contributed by atoms with van der Waals surface area (Å²) < 4.78 is 5.81. The molecule has 1 heterocycles. The highest BCUT2D eigenvalue weighted by atomic mass is 31.0. The summed E-state index contributed by atoms with van der Waals surface area (Å²) in [4.78, 5) is 8.93. The van der Waals surface area contributed by atoms with Gasteiger partial charge < -0.3 is 4.74 Å². The maximum Gasteiger partial charge on any atom is 0.232 e. The molecule has 25 heavy (non-hydrogen) atoms. The number of hydrogen-bond acceptors (Lipinski definition) is 3. The molecule has 3 nitrogen and oxygen atoms in total. The molecule has 4 heteroatoms. The van der Waals surface area contributed by atoms with Crippen molar-refractivity contribution in [2.24, 2.45) is 5.92 Å². The quantitative estimate of drug-likeness (QED) is 0.606. The zero-order chi connectivity index (χ0) is 17.1. The number of benzene rings is 2. The van der Waals surface area contributed by atoms with Gasteiger partial charge in [0.1, 0.15) is 6.61 Å². The Hall–Kier alpha value is -2.25. The lowest BCUT2D eigenvalue weighted by Crippen LogP contribution is -1.99. The molecule has 3 atom stereocenters. The summed E-state index contributed by atoms with van der Waals surface area (Å²) in [5.41, 5.74) is 4.62. The van der Waals surface area contributed by atoms with Gasteiger partial charge in [0.2, 0.25) is 5.88 Å². The van der Waals surface area contributed by atoms with Crippen molar-refractivity contribution in [1.29, 1.82) is 0 Å². The first-order valence-corrected chi connectivity index (χ1v) is 9.44. The van der Waals surface area contributed by atoms with Gasteiger partial charge in [0.05, 0.1) is 18.1 Å². The van der Waals surface area contributed by atoms with Crippen LogP contribution in [0, 0.1) is 5.92 Å². The summed E-state index contributed by atoms with van der Waals surface area (Å²) >= 11 is 0. The van der Waals surface area contributed by atoms with Crippen LogP contribution in [-0.4, -0.2) is 16.1 Å². The Labute approximate surface area is 150 Å². The molecule has 1 aliphatic carbocycles. The van der Waals surface area contributed by atoms with Crippen LogP contribution in [0.5, 0.6) is 5.88 Å². The van der Waals surface area contributed by atoms with E-state index in [0.717, 1.165) is 23.3 Å². The fourth-order valence-electron chi connectivity index (χ4n) is 3.09. The zero-order valence-corrected chi connectivity index (χ0v) is 15.2. The standard InChI is InChI=1S/C21H21N2OP/c25-14-18-10-19(18)20-11-23-21(12-22-20)24-13-15-5-4-8-17(9-15)16-6-2-1-3-7-16/h1-9,11-12,18-19H,10,13-14,25H2. The minimum absolute atomic E-state index is 0.492. The molecule has 3 unspecified atom stereocenters. The van der Waals surface area contributed by atoms with Gasteiger partial charge in [-0.3, -0.25) is 4.98 Å². The van der Waals surface area contributed by atoms with Crippen molar-refractivity contribution in [2.75, 3.05) is 6.16 Å². The minimum Gasteiger partial charge on any atom is -0.472 e. The molecule has 4 rings (SSSR count). The van der Waals surface area contributed by atoms with E-state index in [0.29, 0.717) is 18.4 Å². The third-order valence-corrected chi connectivity index (χ3v) is 5.28. The van der Waals surface area contributed by atoms with E-state index in [1.165, 1.54) is 17.5 Å². The summed E-state index contributed by atoms with van der Waals surface area (Å²) in [7, 11) is 2.81. The minimum atomic E-state index is 0.492. The van der Waals surface area contributed by atoms with Crippen molar-refractivity contribution in [3.63, 3.8) is 0 Å². The van der Waals surface area contributed by atoms with Gasteiger partial charge in [-0.1, -0.05) is 48.5 Å². The van der Waals surface area contributed by atoms with Gasteiger partial charge in [-0.25, -0.2) is 4.98 Å². The molecule has 2 aromatic carbocycles. The highest BCUT2D eigenvalue weighted by molar-refractivity contribution is 7.16. The normalized spacial score (nSPS) is 18.8. The first-order chi connectivity index (χ1) is 12.3. The van der Waals surface area contributed by atoms with Crippen LogP contribution in [0.3, 0.4) is 0 Å². The topological polar surface area (TPSA) is 35.0 Å². The van der Waals surface area contributed by atoms with Gasteiger partial charge in [-0.15, -0.1) is 9.24 Å². The van der Waals surface area contributed by atoms with Gasteiger partial charge in [-0.2, -0.15) is 0 Å². The highest BCUT2D eigenvalue weighted by Crippen LogP contribution is 2.47. The number of hydrogen-bond donors (Lipinski definition) is 0. The number of rotatable bonds is 6. The third kappa shape index (κ3) is 3.88. The maximum absolute atomic E-state index is 5.81. The molecule has 0 radical (unpaired) electrons. The largest absolute Gasteiger partial charge is 0.472 e. The summed E-state index contributed by atoms with van der Waals surface area (Å²) in [6.07, 6.45) is 5.97. The number of aromatic nitrogens is 2. The smallest absolute Gasteiger partial charge is 0.232 e. The van der Waals surface area contributed by atoms with E-state index in [1.54, 1.807) is 6.20 Å². The first-order valence-electron chi connectivity index (χ1n) is 8.62. The Morgan fingerprint density at radius 1 is 0.960 bits per heavy atom. The molecule has 1 fully saturated rings. The third-order valence-electron chi connectivity index (χ3n) is 4.67. The predicted molar refractivity (Wildman–Crippen MR) is 104 cm³/mol. The fourth-order valence-corrected chi connectivity index (χ4v) is 3.61. The summed E-state index contributed by atoms with van der Waals surface area (Å²) in [5.74, 6) is 1.92. The molecule has 0 amide bonds. The highest BCUT2D eigenvalue weighted by Gasteiger charge is 2.37. The lowest BCUT2D eigenvalue weighted by atomic mass is 10.0. The lowest BCUT2D eigenvalue weighted by molar-refractivity contribution is 0.292. The van der Waals surface area contributed by atoms with Crippen molar-refractivity contribution in [3.05, 3.63) is 78.2 Å². The second kappa shape index (κ2) is 7.33. The molecule has 1 aliphatic rings. The Balaban J connectivity index is 1.40. The van der Waals surface area contributed by atoms with Gasteiger partial charge in [-0.05, 0) is 41.3 Å². The van der Waals surface area contributed by atoms with E-state index >= 15 is 0 Å². The Morgan fingerprint density at radius 2 is 1.80 bits per heavy atom. The van der Waals surface area contributed by atoms with Gasteiger partial charge in [0.25, 0.3) is 0 Å². The number of nitrogens with zero attached hydrogens (tertiary/aromatic N) is 2. The van der Waals surface area contributed by atoms with Crippen LogP contribution in [0.4, 0.5) is 0 Å². The van der Waals surface area contributed by atoms with Crippen molar-refractivity contribution in [1.82, 2.24) is 9.97 Å². The Kier molecular flexibility index (Phi) is 4.76. The lowest BCUT2D eigenvalue weighted by Gasteiger charge is -2.08. The van der Waals surface area contributed by atoms with Gasteiger partial charge in [0.15, 0.2) is 0 Å². The molecule has 0 spiro atoms. The summed E-state index contributed by atoms with van der Waals surface area (Å²) in [6, 6.07) is 18.8. The average molecular weight is 348 g/mol. The molecule has 0 N–H and O–H groups in total. The van der Waals surface area contributed by atoms with Crippen LogP contribution >= 0.6 is 9.24 Å². The second-order valence-electron chi connectivity index (χ2n) is 6.47. The molecule has 0 aliphatic heterocycles. The second-order valence-corrected chi connectivity index (χ2v) is 6.94. The summed E-state index contributed by atoms with van der Waals surface area (Å²) in [6.45, 7) is 0.492. The van der Waals surface area contributed by atoms with Crippen molar-refractivity contribution < 1.29 is 4.74 Å². The molecule has 0 saturated heterocycles. The van der Waals surface area contributed by atoms with Crippen LogP contribution in [0.2, 0.25) is 0 Å². The Bertz CT molecular complexity index is 836. The molecule has 0 bridgehead atoms. The van der Waals surface area contributed by atoms with Crippen LogP contribution in [0.1, 0.15) is 23.6 Å². The van der Waals surface area contributed by atoms with Gasteiger partial charge in [0, 0.05) is 5.92 Å². The molecule has 3 aromatic rings. The molecular formula is C21H21N2OP. The van der Waals surface area contributed by atoms with Crippen LogP contribution in [-0.2, 0) is 6.61 Å². The van der Waals surface area contributed by atoms with E-state index in [9.17, 15) is 0 Å². The van der Waals surface area contributed by atoms with Gasteiger partial charge >= 0.3 is 0 Å². The average Bonchev–Trinajstić information content (AvgIpc) is 3.48. The first kappa shape index (κ1) is 16.2. The van der Waals surface area contributed by atoms with Crippen LogP contribution in [0.15, 0.2) is 67.0 Å². The number of ether oxygens (including phenoxy) is 1. The monoisotopic (exact) mass is 348 g/mol. The molecular weight excluding hydrogens is 327 g/mol. The van der Waals surface area contributed by atoms with Crippen LogP contribution < -0.4 is 4.74 Å². The SMILES string of the molecule is PCC1CC1c1cnc(OCc2cccc(-c3ccccc3)c2)cn1. The molecule has 1 aromatic heterocycles. The van der Waals surface area contributed by atoms with E-state index in [2.05, 4.69) is 67.7 Å². The van der Waals surface area contributed by atoms with Crippen molar-refractivity contribution in [2.45, 2.75) is 18.9 Å². The van der Waals surface area contributed by atoms with E-state index in [4.69, 9.17) is 4.74 Å². The van der Waals surface area contributed by atoms with E-state index < -0.39 is 0 Å². The maximum atomic E-state index is 5.81. The Morgan fingerprint density at radius 3 is 2.52 bits per heavy atom. The predicted octanol–water partition coefficient (Wildman–Crippen LogP) is 4.70. The van der Waals surface area contributed by atoms with Crippen molar-refractivity contribution >= 4 is 9.24 Å². The molecule has 1 saturated carbocycles. The fraction of sp³-hybridized carbons (Fsp3) is 0.238. The van der Waals surface area contributed by atoms with Crippen molar-refractivity contribution in [3.8, 4) is 17.0 Å².